The van der Waals surface area contributed by atoms with E-state index in [0.717, 1.165) is 43.9 Å². The lowest BCUT2D eigenvalue weighted by Gasteiger charge is -2.39. The summed E-state index contributed by atoms with van der Waals surface area (Å²) >= 11 is 0. The van der Waals surface area contributed by atoms with E-state index in [1.54, 1.807) is 0 Å². The van der Waals surface area contributed by atoms with Crippen molar-refractivity contribution in [2.45, 2.75) is 39.7 Å². The molecule has 3 rings (SSSR count). The summed E-state index contributed by atoms with van der Waals surface area (Å²) in [6.45, 7) is 9.36. The minimum Gasteiger partial charge on any atom is -0.325 e. The molecule has 0 spiro atoms. The van der Waals surface area contributed by atoms with Crippen molar-refractivity contribution in [3.05, 3.63) is 59.7 Å². The van der Waals surface area contributed by atoms with E-state index in [0.29, 0.717) is 13.1 Å². The third-order valence-electron chi connectivity index (χ3n) is 5.86. The average molecular weight is 423 g/mol. The standard InChI is InChI=1S/C25H34N4O2/c1-4-20-6-10-22(11-7-20)26-24(30)17-28-14-15-29(19(3)16-28)18-25(31)27-23-12-8-21(5-2)9-13-23/h6-13,19H,4-5,14-18H2,1-3H3,(H,26,30)(H,27,31). The van der Waals surface area contributed by atoms with Gasteiger partial charge in [0.15, 0.2) is 0 Å². The first-order valence-corrected chi connectivity index (χ1v) is 11.2. The molecule has 0 saturated carbocycles. The van der Waals surface area contributed by atoms with Crippen molar-refractivity contribution in [1.29, 1.82) is 0 Å². The van der Waals surface area contributed by atoms with E-state index in [4.69, 9.17) is 0 Å². The van der Waals surface area contributed by atoms with Crippen molar-refractivity contribution in [3.8, 4) is 0 Å². The third kappa shape index (κ3) is 6.91. The van der Waals surface area contributed by atoms with Crippen LogP contribution in [-0.2, 0) is 22.4 Å². The Morgan fingerprint density at radius 2 is 1.29 bits per heavy atom. The summed E-state index contributed by atoms with van der Waals surface area (Å²) in [5, 5.41) is 5.96. The number of piperazine rings is 1. The monoisotopic (exact) mass is 422 g/mol. The molecule has 0 aliphatic carbocycles. The van der Waals surface area contributed by atoms with Crippen LogP contribution in [0.1, 0.15) is 31.9 Å². The highest BCUT2D eigenvalue weighted by molar-refractivity contribution is 5.93. The summed E-state index contributed by atoms with van der Waals surface area (Å²) in [4.78, 5) is 29.2. The predicted octanol–water partition coefficient (Wildman–Crippen LogP) is 3.39. The first-order chi connectivity index (χ1) is 15.0. The molecular weight excluding hydrogens is 388 g/mol. The highest BCUT2D eigenvalue weighted by Crippen LogP contribution is 2.13. The predicted molar refractivity (Wildman–Crippen MR) is 126 cm³/mol. The zero-order chi connectivity index (χ0) is 22.2. The van der Waals surface area contributed by atoms with Crippen LogP contribution in [0, 0.1) is 0 Å². The van der Waals surface area contributed by atoms with E-state index in [1.807, 2.05) is 48.5 Å². The van der Waals surface area contributed by atoms with Gasteiger partial charge in [0.1, 0.15) is 0 Å². The molecule has 2 N–H and O–H groups in total. The number of amides is 2. The largest absolute Gasteiger partial charge is 0.325 e. The van der Waals surface area contributed by atoms with Crippen LogP contribution in [-0.4, -0.2) is 60.4 Å². The Morgan fingerprint density at radius 1 is 0.806 bits per heavy atom. The number of rotatable bonds is 8. The second-order valence-corrected chi connectivity index (χ2v) is 8.25. The fourth-order valence-electron chi connectivity index (χ4n) is 3.89. The summed E-state index contributed by atoms with van der Waals surface area (Å²) in [5.41, 5.74) is 4.17. The molecule has 31 heavy (non-hydrogen) atoms. The quantitative estimate of drug-likeness (QED) is 0.684. The van der Waals surface area contributed by atoms with E-state index < -0.39 is 0 Å². The minimum atomic E-state index is -0.00202. The molecule has 0 bridgehead atoms. The molecule has 166 valence electrons. The van der Waals surface area contributed by atoms with E-state index in [1.165, 1.54) is 11.1 Å². The second kappa shape index (κ2) is 11.1. The number of hydrogen-bond acceptors (Lipinski definition) is 4. The second-order valence-electron chi connectivity index (χ2n) is 8.25. The SMILES string of the molecule is CCc1ccc(NC(=O)CN2CCN(CC(=O)Nc3ccc(CC)cc3)C(C)C2)cc1. The van der Waals surface area contributed by atoms with Crippen LogP contribution < -0.4 is 10.6 Å². The van der Waals surface area contributed by atoms with Crippen LogP contribution >= 0.6 is 0 Å². The summed E-state index contributed by atoms with van der Waals surface area (Å²) in [6, 6.07) is 16.2. The van der Waals surface area contributed by atoms with Gasteiger partial charge in [0, 0.05) is 37.1 Å². The van der Waals surface area contributed by atoms with Crippen LogP contribution in [0.2, 0.25) is 0 Å². The Hall–Kier alpha value is -2.70. The van der Waals surface area contributed by atoms with Gasteiger partial charge in [-0.3, -0.25) is 19.4 Å². The smallest absolute Gasteiger partial charge is 0.238 e. The van der Waals surface area contributed by atoms with Gasteiger partial charge in [0.25, 0.3) is 0 Å². The third-order valence-corrected chi connectivity index (χ3v) is 5.86. The molecule has 2 amide bonds. The van der Waals surface area contributed by atoms with E-state index in [9.17, 15) is 9.59 Å². The van der Waals surface area contributed by atoms with Gasteiger partial charge in [0.05, 0.1) is 13.1 Å². The van der Waals surface area contributed by atoms with E-state index in [-0.39, 0.29) is 17.9 Å². The zero-order valence-corrected chi connectivity index (χ0v) is 18.9. The number of carbonyl (C=O) groups excluding carboxylic acids is 2. The van der Waals surface area contributed by atoms with Crippen LogP contribution in [0.15, 0.2) is 48.5 Å². The van der Waals surface area contributed by atoms with Crippen molar-refractivity contribution in [2.24, 2.45) is 0 Å². The van der Waals surface area contributed by atoms with Crippen LogP contribution in [0.4, 0.5) is 11.4 Å². The summed E-state index contributed by atoms with van der Waals surface area (Å²) in [5.74, 6) is -0.00372. The topological polar surface area (TPSA) is 64.7 Å². The fourth-order valence-corrected chi connectivity index (χ4v) is 3.89. The molecule has 1 aliphatic heterocycles. The minimum absolute atomic E-state index is 0.00170. The Labute approximate surface area is 185 Å². The molecule has 0 radical (unpaired) electrons. The molecule has 1 saturated heterocycles. The number of hydrogen-bond donors (Lipinski definition) is 2. The number of anilines is 2. The molecule has 1 unspecified atom stereocenters. The van der Waals surface area contributed by atoms with Crippen molar-refractivity contribution in [1.82, 2.24) is 9.80 Å². The lowest BCUT2D eigenvalue weighted by Crippen LogP contribution is -2.54. The van der Waals surface area contributed by atoms with Gasteiger partial charge in [-0.15, -0.1) is 0 Å². The highest BCUT2D eigenvalue weighted by Gasteiger charge is 2.26. The molecule has 2 aromatic carbocycles. The molecular formula is C25H34N4O2. The molecule has 6 heteroatoms. The summed E-state index contributed by atoms with van der Waals surface area (Å²) < 4.78 is 0. The first kappa shape index (κ1) is 23.0. The number of aryl methyl sites for hydroxylation is 2. The summed E-state index contributed by atoms with van der Waals surface area (Å²) in [7, 11) is 0. The summed E-state index contributed by atoms with van der Waals surface area (Å²) in [6.07, 6.45) is 1.97. The normalized spacial score (nSPS) is 17.3. The van der Waals surface area contributed by atoms with Gasteiger partial charge < -0.3 is 10.6 Å². The highest BCUT2D eigenvalue weighted by atomic mass is 16.2. The number of benzene rings is 2. The number of nitrogens with one attached hydrogen (secondary N) is 2. The fraction of sp³-hybridized carbons (Fsp3) is 0.440. The lowest BCUT2D eigenvalue weighted by atomic mass is 10.1. The Kier molecular flexibility index (Phi) is 8.20. The first-order valence-electron chi connectivity index (χ1n) is 11.2. The van der Waals surface area contributed by atoms with Crippen LogP contribution in [0.25, 0.3) is 0 Å². The molecule has 1 aliphatic rings. The van der Waals surface area contributed by atoms with Crippen molar-refractivity contribution in [3.63, 3.8) is 0 Å². The lowest BCUT2D eigenvalue weighted by molar-refractivity contribution is -0.120. The van der Waals surface area contributed by atoms with Gasteiger partial charge in [-0.2, -0.15) is 0 Å². The molecule has 0 aromatic heterocycles. The van der Waals surface area contributed by atoms with Gasteiger partial charge in [-0.1, -0.05) is 38.1 Å². The average Bonchev–Trinajstić information content (AvgIpc) is 2.76. The molecule has 1 fully saturated rings. The molecule has 1 heterocycles. The van der Waals surface area contributed by atoms with Gasteiger partial charge in [0.2, 0.25) is 11.8 Å². The van der Waals surface area contributed by atoms with Gasteiger partial charge in [-0.25, -0.2) is 0 Å². The van der Waals surface area contributed by atoms with Gasteiger partial charge >= 0.3 is 0 Å². The maximum atomic E-state index is 12.5. The molecule has 2 aromatic rings. The van der Waals surface area contributed by atoms with Crippen LogP contribution in [0.3, 0.4) is 0 Å². The molecule has 6 nitrogen and oxygen atoms in total. The maximum Gasteiger partial charge on any atom is 0.238 e. The van der Waals surface area contributed by atoms with E-state index >= 15 is 0 Å². The van der Waals surface area contributed by atoms with Crippen molar-refractivity contribution in [2.75, 3.05) is 43.4 Å². The van der Waals surface area contributed by atoms with Crippen molar-refractivity contribution >= 4 is 23.2 Å². The van der Waals surface area contributed by atoms with Crippen molar-refractivity contribution < 1.29 is 9.59 Å². The number of nitrogens with zero attached hydrogens (tertiary/aromatic N) is 2. The molecule has 1 atom stereocenters. The Bertz CT molecular complexity index is 864. The van der Waals surface area contributed by atoms with E-state index in [2.05, 4.69) is 41.2 Å². The maximum absolute atomic E-state index is 12.5. The number of carbonyl (C=O) groups is 2. The Balaban J connectivity index is 1.42. The zero-order valence-electron chi connectivity index (χ0n) is 18.9. The van der Waals surface area contributed by atoms with Gasteiger partial charge in [-0.05, 0) is 55.2 Å². The van der Waals surface area contributed by atoms with Crippen LogP contribution in [0.5, 0.6) is 0 Å². The Morgan fingerprint density at radius 3 is 1.74 bits per heavy atom.